The maximum atomic E-state index is 12.3. The van der Waals surface area contributed by atoms with Crippen LogP contribution in [0.1, 0.15) is 50.8 Å². The molecule has 1 aliphatic carbocycles. The van der Waals surface area contributed by atoms with E-state index in [0.29, 0.717) is 41.8 Å². The average Bonchev–Trinajstić information content (AvgIpc) is 3.45. The minimum absolute atomic E-state index is 0.403. The van der Waals surface area contributed by atoms with Gasteiger partial charge in [0.1, 0.15) is 23.6 Å². The van der Waals surface area contributed by atoms with Crippen LogP contribution in [0.5, 0.6) is 0 Å². The van der Waals surface area contributed by atoms with E-state index >= 15 is 0 Å². The molecule has 3 aromatic rings. The summed E-state index contributed by atoms with van der Waals surface area (Å²) in [5.74, 6) is 1.47. The monoisotopic (exact) mass is 423 g/mol. The average molecular weight is 423 g/mol. The molecule has 0 unspecified atom stereocenters. The molecule has 0 spiro atoms. The van der Waals surface area contributed by atoms with Gasteiger partial charge in [-0.15, -0.1) is 0 Å². The normalized spacial score (nSPS) is 13.6. The zero-order chi connectivity index (χ0) is 22.0. The lowest BCUT2D eigenvalue weighted by Gasteiger charge is -2.20. The lowest BCUT2D eigenvalue weighted by molar-refractivity contribution is -0.105. The van der Waals surface area contributed by atoms with Crippen LogP contribution < -0.4 is 16.0 Å². The van der Waals surface area contributed by atoms with Crippen molar-refractivity contribution >= 4 is 35.5 Å². The second kappa shape index (κ2) is 8.21. The molecule has 0 aromatic carbocycles. The zero-order valence-electron chi connectivity index (χ0n) is 17.7. The molecule has 4 rings (SSSR count). The molecule has 1 fully saturated rings. The van der Waals surface area contributed by atoms with Crippen molar-refractivity contribution in [1.82, 2.24) is 19.4 Å². The highest BCUT2D eigenvalue weighted by Crippen LogP contribution is 2.41. The Labute approximate surface area is 179 Å². The number of imidazole rings is 1. The van der Waals surface area contributed by atoms with Crippen molar-refractivity contribution in [2.75, 3.05) is 16.0 Å². The van der Waals surface area contributed by atoms with Crippen LogP contribution in [0.3, 0.4) is 0 Å². The number of aromatic nitrogens is 4. The summed E-state index contributed by atoms with van der Waals surface area (Å²) >= 11 is 0. The van der Waals surface area contributed by atoms with E-state index in [1.165, 1.54) is 6.33 Å². The number of rotatable bonds is 7. The Morgan fingerprint density at radius 3 is 2.71 bits per heavy atom. The zero-order valence-corrected chi connectivity index (χ0v) is 17.7. The number of ether oxygens (including phenoxy) is 1. The van der Waals surface area contributed by atoms with Gasteiger partial charge in [-0.05, 0) is 51.2 Å². The maximum Gasteiger partial charge on any atom is 0.412 e. The Hall–Kier alpha value is -3.69. The third kappa shape index (κ3) is 5.27. The molecule has 162 valence electrons. The van der Waals surface area contributed by atoms with E-state index in [0.717, 1.165) is 24.1 Å². The smallest absolute Gasteiger partial charge is 0.412 e. The molecule has 1 aliphatic rings. The predicted molar refractivity (Wildman–Crippen MR) is 116 cm³/mol. The highest BCUT2D eigenvalue weighted by Gasteiger charge is 2.26. The summed E-state index contributed by atoms with van der Waals surface area (Å²) in [6.45, 7) is 5.88. The van der Waals surface area contributed by atoms with Gasteiger partial charge in [0.25, 0.3) is 0 Å². The first-order valence-electron chi connectivity index (χ1n) is 10.1. The first kappa shape index (κ1) is 20.6. The van der Waals surface area contributed by atoms with Gasteiger partial charge in [0.15, 0.2) is 5.65 Å². The number of nitrogens with one attached hydrogen (secondary N) is 3. The van der Waals surface area contributed by atoms with Gasteiger partial charge in [0.05, 0.1) is 17.9 Å². The fourth-order valence-corrected chi connectivity index (χ4v) is 3.18. The van der Waals surface area contributed by atoms with E-state index in [4.69, 9.17) is 4.74 Å². The van der Waals surface area contributed by atoms with Crippen LogP contribution in [-0.2, 0) is 16.1 Å². The number of pyridine rings is 1. The summed E-state index contributed by atoms with van der Waals surface area (Å²) < 4.78 is 7.33. The number of hydrogen-bond donors (Lipinski definition) is 3. The second-order valence-corrected chi connectivity index (χ2v) is 8.46. The molecular weight excluding hydrogens is 398 g/mol. The summed E-state index contributed by atoms with van der Waals surface area (Å²) in [4.78, 5) is 35.7. The van der Waals surface area contributed by atoms with Crippen LogP contribution in [0.2, 0.25) is 0 Å². The molecule has 3 aromatic heterocycles. The third-order valence-corrected chi connectivity index (χ3v) is 4.63. The van der Waals surface area contributed by atoms with Crippen LogP contribution in [0.25, 0.3) is 5.65 Å². The van der Waals surface area contributed by atoms with E-state index in [1.54, 1.807) is 6.07 Å². The molecule has 10 nitrogen and oxygen atoms in total. The predicted octanol–water partition coefficient (Wildman–Crippen LogP) is 3.53. The first-order chi connectivity index (χ1) is 14.8. The molecule has 0 atom stereocenters. The molecule has 3 heterocycles. The minimum atomic E-state index is -0.589. The lowest BCUT2D eigenvalue weighted by Crippen LogP contribution is -2.27. The van der Waals surface area contributed by atoms with Crippen molar-refractivity contribution in [3.63, 3.8) is 0 Å². The van der Waals surface area contributed by atoms with Crippen LogP contribution in [0.4, 0.5) is 22.1 Å². The standard InChI is InChI=1S/C21H25N7O3/c1-21(2,3)31-20(30)27-16-6-14(13-4-5-13)9-28-10-15(26-19(16)28)8-22-17-7-18(25-12-29)24-11-23-17/h6-7,9-13H,4-5,8H2,1-3H3,(H,27,30)(H2,22,23,24,25,29). The minimum Gasteiger partial charge on any atom is -0.444 e. The van der Waals surface area contributed by atoms with E-state index in [1.807, 2.05) is 37.4 Å². The van der Waals surface area contributed by atoms with Gasteiger partial charge in [-0.25, -0.2) is 19.7 Å². The fourth-order valence-electron chi connectivity index (χ4n) is 3.18. The van der Waals surface area contributed by atoms with E-state index in [2.05, 4.69) is 37.1 Å². The molecule has 2 amide bonds. The van der Waals surface area contributed by atoms with Crippen LogP contribution in [-0.4, -0.2) is 37.5 Å². The molecule has 0 bridgehead atoms. The molecule has 0 radical (unpaired) electrons. The largest absolute Gasteiger partial charge is 0.444 e. The number of amides is 2. The highest BCUT2D eigenvalue weighted by molar-refractivity contribution is 5.90. The van der Waals surface area contributed by atoms with Gasteiger partial charge in [-0.3, -0.25) is 10.1 Å². The maximum absolute atomic E-state index is 12.3. The number of anilines is 3. The molecular formula is C21H25N7O3. The van der Waals surface area contributed by atoms with Gasteiger partial charge >= 0.3 is 6.09 Å². The Kier molecular flexibility index (Phi) is 5.45. The number of carbonyl (C=O) groups is 2. The number of hydrogen-bond acceptors (Lipinski definition) is 7. The van der Waals surface area contributed by atoms with Crippen molar-refractivity contribution in [3.8, 4) is 0 Å². The van der Waals surface area contributed by atoms with Crippen molar-refractivity contribution in [1.29, 1.82) is 0 Å². The van der Waals surface area contributed by atoms with Gasteiger partial charge in [0, 0.05) is 18.5 Å². The summed E-state index contributed by atoms with van der Waals surface area (Å²) in [7, 11) is 0. The summed E-state index contributed by atoms with van der Waals surface area (Å²) in [5.41, 5.74) is 2.59. The van der Waals surface area contributed by atoms with Crippen molar-refractivity contribution in [2.45, 2.75) is 51.7 Å². The Morgan fingerprint density at radius 2 is 2.00 bits per heavy atom. The molecule has 31 heavy (non-hydrogen) atoms. The van der Waals surface area contributed by atoms with E-state index < -0.39 is 11.7 Å². The van der Waals surface area contributed by atoms with Gasteiger partial charge < -0.3 is 19.8 Å². The highest BCUT2D eigenvalue weighted by atomic mass is 16.6. The molecule has 0 aliphatic heterocycles. The fraction of sp³-hybridized carbons (Fsp3) is 0.381. The Morgan fingerprint density at radius 1 is 1.23 bits per heavy atom. The third-order valence-electron chi connectivity index (χ3n) is 4.63. The van der Waals surface area contributed by atoms with Gasteiger partial charge in [-0.1, -0.05) is 0 Å². The Bertz CT molecular complexity index is 1120. The molecule has 1 saturated carbocycles. The van der Waals surface area contributed by atoms with Gasteiger partial charge in [-0.2, -0.15) is 0 Å². The van der Waals surface area contributed by atoms with Crippen LogP contribution in [0, 0.1) is 0 Å². The van der Waals surface area contributed by atoms with Crippen LogP contribution in [0.15, 0.2) is 30.9 Å². The van der Waals surface area contributed by atoms with E-state index in [-0.39, 0.29) is 0 Å². The second-order valence-electron chi connectivity index (χ2n) is 8.46. The van der Waals surface area contributed by atoms with Crippen molar-refractivity contribution in [2.24, 2.45) is 0 Å². The summed E-state index contributed by atoms with van der Waals surface area (Å²) in [6.07, 6.45) is 7.67. The lowest BCUT2D eigenvalue weighted by atomic mass is 10.2. The Balaban J connectivity index is 1.56. The van der Waals surface area contributed by atoms with Crippen LogP contribution >= 0.6 is 0 Å². The first-order valence-corrected chi connectivity index (χ1v) is 10.1. The summed E-state index contributed by atoms with van der Waals surface area (Å²) in [6, 6.07) is 3.60. The number of nitrogens with zero attached hydrogens (tertiary/aromatic N) is 4. The molecule has 3 N–H and O–H groups in total. The van der Waals surface area contributed by atoms with Gasteiger partial charge in [0.2, 0.25) is 6.41 Å². The van der Waals surface area contributed by atoms with E-state index in [9.17, 15) is 9.59 Å². The number of carbonyl (C=O) groups excluding carboxylic acids is 2. The summed E-state index contributed by atoms with van der Waals surface area (Å²) in [5, 5.41) is 8.50. The molecule has 0 saturated heterocycles. The topological polar surface area (TPSA) is 123 Å². The molecule has 10 heteroatoms. The van der Waals surface area contributed by atoms with Crippen molar-refractivity contribution < 1.29 is 14.3 Å². The van der Waals surface area contributed by atoms with Crippen molar-refractivity contribution in [3.05, 3.63) is 42.1 Å². The quantitative estimate of drug-likeness (QED) is 0.497. The number of fused-ring (bicyclic) bond motifs is 1. The SMILES string of the molecule is CC(C)(C)OC(=O)Nc1cc(C2CC2)cn2cc(CNc3cc(NC=O)ncn3)nc12.